The first-order valence-corrected chi connectivity index (χ1v) is 4.28. The van der Waals surface area contributed by atoms with Crippen LogP contribution in [0.15, 0.2) is 34.9 Å². The fourth-order valence-electron chi connectivity index (χ4n) is 1.20. The highest BCUT2D eigenvalue weighted by molar-refractivity contribution is 5.74. The molecular formula is C11H9NO2. The first kappa shape index (κ1) is 8.69. The van der Waals surface area contributed by atoms with Gasteiger partial charge in [-0.05, 0) is 6.92 Å². The molecule has 14 heavy (non-hydrogen) atoms. The summed E-state index contributed by atoms with van der Waals surface area (Å²) < 4.78 is 5.00. The number of carbonyl (C=O) groups is 1. The lowest BCUT2D eigenvalue weighted by molar-refractivity contribution is 0.111. The van der Waals surface area contributed by atoms with Crippen molar-refractivity contribution in [1.29, 1.82) is 0 Å². The summed E-state index contributed by atoms with van der Waals surface area (Å²) >= 11 is 0. The van der Waals surface area contributed by atoms with E-state index in [-0.39, 0.29) is 0 Å². The van der Waals surface area contributed by atoms with Gasteiger partial charge in [-0.3, -0.25) is 4.79 Å². The highest BCUT2D eigenvalue weighted by atomic mass is 16.5. The average molecular weight is 187 g/mol. The van der Waals surface area contributed by atoms with Crippen LogP contribution in [-0.2, 0) is 0 Å². The van der Waals surface area contributed by atoms with Crippen LogP contribution in [0.2, 0.25) is 0 Å². The third kappa shape index (κ3) is 1.57. The lowest BCUT2D eigenvalue weighted by Gasteiger charge is -1.94. The van der Waals surface area contributed by atoms with Crippen LogP contribution < -0.4 is 0 Å². The van der Waals surface area contributed by atoms with Gasteiger partial charge in [-0.25, -0.2) is 0 Å². The highest BCUT2D eigenvalue weighted by Gasteiger charge is 2.04. The van der Waals surface area contributed by atoms with Gasteiger partial charge in [0.05, 0.1) is 0 Å². The summed E-state index contributed by atoms with van der Waals surface area (Å²) in [5.74, 6) is 0.618. The molecule has 0 bridgehead atoms. The molecule has 0 saturated carbocycles. The minimum atomic E-state index is 0.320. The van der Waals surface area contributed by atoms with Crippen molar-refractivity contribution in [3.8, 4) is 11.3 Å². The van der Waals surface area contributed by atoms with Crippen LogP contribution in [0.25, 0.3) is 11.3 Å². The van der Waals surface area contributed by atoms with Gasteiger partial charge in [0.1, 0.15) is 5.69 Å². The van der Waals surface area contributed by atoms with E-state index in [1.54, 1.807) is 6.07 Å². The number of aryl methyl sites for hydroxylation is 1. The Labute approximate surface area is 81.3 Å². The number of hydrogen-bond donors (Lipinski definition) is 0. The molecule has 1 aromatic carbocycles. The second kappa shape index (κ2) is 3.46. The summed E-state index contributed by atoms with van der Waals surface area (Å²) in [7, 11) is 0. The van der Waals surface area contributed by atoms with Crippen molar-refractivity contribution in [2.45, 2.75) is 6.92 Å². The Morgan fingerprint density at radius 2 is 2.00 bits per heavy atom. The zero-order chi connectivity index (χ0) is 9.97. The fraction of sp³-hybridized carbons (Fsp3) is 0.0909. The van der Waals surface area contributed by atoms with E-state index in [1.807, 2.05) is 31.2 Å². The molecule has 0 fully saturated rings. The van der Waals surface area contributed by atoms with Crippen LogP contribution in [0.1, 0.15) is 16.1 Å². The Hall–Kier alpha value is -1.90. The summed E-state index contributed by atoms with van der Waals surface area (Å²) in [4.78, 5) is 10.4. The van der Waals surface area contributed by atoms with E-state index in [2.05, 4.69) is 5.16 Å². The molecule has 0 saturated heterocycles. The zero-order valence-corrected chi connectivity index (χ0v) is 7.73. The predicted molar refractivity (Wildman–Crippen MR) is 52.1 cm³/mol. The van der Waals surface area contributed by atoms with E-state index in [1.165, 1.54) is 5.56 Å². The van der Waals surface area contributed by atoms with Crippen LogP contribution in [0.5, 0.6) is 0 Å². The van der Waals surface area contributed by atoms with Crippen LogP contribution in [0.4, 0.5) is 0 Å². The van der Waals surface area contributed by atoms with E-state index in [0.717, 1.165) is 5.56 Å². The van der Waals surface area contributed by atoms with Gasteiger partial charge in [0.15, 0.2) is 12.0 Å². The van der Waals surface area contributed by atoms with Crippen molar-refractivity contribution in [3.63, 3.8) is 0 Å². The summed E-state index contributed by atoms with van der Waals surface area (Å²) in [6.07, 6.45) is 0.668. The number of benzene rings is 1. The van der Waals surface area contributed by atoms with Gasteiger partial charge < -0.3 is 4.52 Å². The summed E-state index contributed by atoms with van der Waals surface area (Å²) in [5, 5.41) is 3.59. The van der Waals surface area contributed by atoms with Crippen molar-refractivity contribution in [2.24, 2.45) is 0 Å². The van der Waals surface area contributed by atoms with Crippen molar-refractivity contribution >= 4 is 6.29 Å². The standard InChI is InChI=1S/C11H9NO2/c1-8-2-4-9(5-3-8)11-6-10(7-13)12-14-11/h2-7H,1H3. The van der Waals surface area contributed by atoms with Crippen molar-refractivity contribution in [2.75, 3.05) is 0 Å². The normalized spacial score (nSPS) is 10.1. The molecule has 1 aromatic heterocycles. The molecule has 2 aromatic rings. The second-order valence-corrected chi connectivity index (χ2v) is 3.10. The maximum Gasteiger partial charge on any atom is 0.171 e. The fourth-order valence-corrected chi connectivity index (χ4v) is 1.20. The van der Waals surface area contributed by atoms with E-state index in [4.69, 9.17) is 4.52 Å². The quantitative estimate of drug-likeness (QED) is 0.678. The molecule has 3 heteroatoms. The largest absolute Gasteiger partial charge is 0.356 e. The first-order valence-electron chi connectivity index (χ1n) is 4.28. The van der Waals surface area contributed by atoms with E-state index in [0.29, 0.717) is 17.7 Å². The number of hydrogen-bond acceptors (Lipinski definition) is 3. The maximum atomic E-state index is 10.4. The summed E-state index contributed by atoms with van der Waals surface area (Å²) in [6.45, 7) is 2.01. The third-order valence-corrected chi connectivity index (χ3v) is 1.99. The van der Waals surface area contributed by atoms with Gasteiger partial charge in [-0.2, -0.15) is 0 Å². The molecule has 0 aliphatic heterocycles. The number of carbonyl (C=O) groups excluding carboxylic acids is 1. The van der Waals surface area contributed by atoms with Gasteiger partial charge >= 0.3 is 0 Å². The maximum absolute atomic E-state index is 10.4. The van der Waals surface area contributed by atoms with Gasteiger partial charge in [-0.15, -0.1) is 0 Å². The topological polar surface area (TPSA) is 43.1 Å². The van der Waals surface area contributed by atoms with Crippen LogP contribution in [-0.4, -0.2) is 11.4 Å². The number of aromatic nitrogens is 1. The number of rotatable bonds is 2. The average Bonchev–Trinajstić information content (AvgIpc) is 2.67. The van der Waals surface area contributed by atoms with Crippen molar-refractivity contribution in [1.82, 2.24) is 5.16 Å². The molecule has 0 unspecified atom stereocenters. The molecule has 0 atom stereocenters. The molecule has 0 aliphatic carbocycles. The molecule has 2 rings (SSSR count). The Balaban J connectivity index is 2.39. The second-order valence-electron chi connectivity index (χ2n) is 3.10. The minimum Gasteiger partial charge on any atom is -0.356 e. The lowest BCUT2D eigenvalue weighted by atomic mass is 10.1. The first-order chi connectivity index (χ1) is 6.79. The lowest BCUT2D eigenvalue weighted by Crippen LogP contribution is -1.75. The molecular weight excluding hydrogens is 178 g/mol. The van der Waals surface area contributed by atoms with Gasteiger partial charge in [0, 0.05) is 11.6 Å². The van der Waals surface area contributed by atoms with Crippen LogP contribution in [0.3, 0.4) is 0 Å². The van der Waals surface area contributed by atoms with E-state index in [9.17, 15) is 4.79 Å². The van der Waals surface area contributed by atoms with Gasteiger partial charge in [-0.1, -0.05) is 35.0 Å². The summed E-state index contributed by atoms with van der Waals surface area (Å²) in [5.41, 5.74) is 2.43. The Morgan fingerprint density at radius 3 is 2.57 bits per heavy atom. The van der Waals surface area contributed by atoms with Crippen molar-refractivity contribution < 1.29 is 9.32 Å². The Kier molecular flexibility index (Phi) is 2.14. The SMILES string of the molecule is Cc1ccc(-c2cc(C=O)no2)cc1. The monoisotopic (exact) mass is 187 g/mol. The molecule has 0 N–H and O–H groups in total. The highest BCUT2D eigenvalue weighted by Crippen LogP contribution is 2.19. The van der Waals surface area contributed by atoms with E-state index < -0.39 is 0 Å². The molecule has 3 nitrogen and oxygen atoms in total. The zero-order valence-electron chi connectivity index (χ0n) is 7.73. The third-order valence-electron chi connectivity index (χ3n) is 1.99. The molecule has 0 spiro atoms. The summed E-state index contributed by atoms with van der Waals surface area (Å²) in [6, 6.07) is 9.46. The molecule has 1 heterocycles. The smallest absolute Gasteiger partial charge is 0.171 e. The minimum absolute atomic E-state index is 0.320. The molecule has 0 radical (unpaired) electrons. The Bertz CT molecular complexity index is 443. The van der Waals surface area contributed by atoms with Gasteiger partial charge in [0.25, 0.3) is 0 Å². The van der Waals surface area contributed by atoms with Crippen LogP contribution >= 0.6 is 0 Å². The molecule has 70 valence electrons. The Morgan fingerprint density at radius 1 is 1.29 bits per heavy atom. The number of nitrogens with zero attached hydrogens (tertiary/aromatic N) is 1. The molecule has 0 aliphatic rings. The predicted octanol–water partition coefficient (Wildman–Crippen LogP) is 2.46. The van der Waals surface area contributed by atoms with E-state index >= 15 is 0 Å². The van der Waals surface area contributed by atoms with Crippen molar-refractivity contribution in [3.05, 3.63) is 41.6 Å². The number of aldehydes is 1. The molecule has 0 amide bonds. The van der Waals surface area contributed by atoms with Gasteiger partial charge in [0.2, 0.25) is 0 Å². The van der Waals surface area contributed by atoms with Crippen LogP contribution in [0, 0.1) is 6.92 Å².